The van der Waals surface area contributed by atoms with Crippen LogP contribution in [-0.2, 0) is 4.79 Å². The number of halogens is 2. The zero-order chi connectivity index (χ0) is 17.8. The Hall–Kier alpha value is -2.61. The van der Waals surface area contributed by atoms with Gasteiger partial charge in [-0.1, -0.05) is 0 Å². The average molecular weight is 348 g/mol. The summed E-state index contributed by atoms with van der Waals surface area (Å²) in [6.07, 6.45) is 3.42. The number of carbonyl (C=O) groups excluding carboxylic acids is 1. The van der Waals surface area contributed by atoms with Crippen molar-refractivity contribution >= 4 is 17.5 Å². The maximum atomic E-state index is 13.2. The van der Waals surface area contributed by atoms with Gasteiger partial charge < -0.3 is 15.1 Å². The molecule has 1 aromatic heterocycles. The molecule has 0 unspecified atom stereocenters. The molecule has 1 aliphatic rings. The van der Waals surface area contributed by atoms with E-state index < -0.39 is 11.6 Å². The van der Waals surface area contributed by atoms with E-state index >= 15 is 0 Å². The van der Waals surface area contributed by atoms with Crippen LogP contribution in [0, 0.1) is 11.6 Å². The molecule has 8 heteroatoms. The summed E-state index contributed by atoms with van der Waals surface area (Å²) in [6, 6.07) is 4.81. The Morgan fingerprint density at radius 1 is 1.20 bits per heavy atom. The molecule has 0 radical (unpaired) electrons. The Morgan fingerprint density at radius 3 is 2.52 bits per heavy atom. The first-order chi connectivity index (χ1) is 12.0. The van der Waals surface area contributed by atoms with Crippen molar-refractivity contribution in [1.29, 1.82) is 0 Å². The first kappa shape index (κ1) is 17.2. The number of anilines is 2. The fraction of sp³-hybridized carbons (Fsp3) is 0.353. The number of quaternary nitrogens is 1. The Morgan fingerprint density at radius 2 is 1.88 bits per heavy atom. The number of nitrogens with one attached hydrogen (secondary N) is 2. The van der Waals surface area contributed by atoms with E-state index in [4.69, 9.17) is 0 Å². The lowest BCUT2D eigenvalue weighted by Gasteiger charge is -2.34. The molecule has 132 valence electrons. The monoisotopic (exact) mass is 348 g/mol. The van der Waals surface area contributed by atoms with Crippen LogP contribution >= 0.6 is 0 Å². The van der Waals surface area contributed by atoms with Gasteiger partial charge in [0.25, 0.3) is 5.91 Å². The summed E-state index contributed by atoms with van der Waals surface area (Å²) in [4.78, 5) is 24.1. The molecule has 2 N–H and O–H groups in total. The highest BCUT2D eigenvalue weighted by Crippen LogP contribution is 2.13. The highest BCUT2D eigenvalue weighted by atomic mass is 19.2. The van der Waals surface area contributed by atoms with E-state index in [9.17, 15) is 13.6 Å². The number of aromatic nitrogens is 2. The first-order valence-electron chi connectivity index (χ1n) is 8.17. The smallest absolute Gasteiger partial charge is 0.282 e. The summed E-state index contributed by atoms with van der Waals surface area (Å²) in [6.45, 7) is 4.87. The van der Waals surface area contributed by atoms with E-state index in [0.717, 1.165) is 43.2 Å². The van der Waals surface area contributed by atoms with Crippen molar-refractivity contribution in [1.82, 2.24) is 9.97 Å². The third kappa shape index (κ3) is 4.08. The van der Waals surface area contributed by atoms with Crippen molar-refractivity contribution in [2.45, 2.75) is 13.0 Å². The van der Waals surface area contributed by atoms with Gasteiger partial charge in [-0.05, 0) is 25.1 Å². The maximum Gasteiger partial charge on any atom is 0.282 e. The fourth-order valence-corrected chi connectivity index (χ4v) is 2.89. The molecule has 1 saturated heterocycles. The summed E-state index contributed by atoms with van der Waals surface area (Å²) in [5, 5.41) is 2.65. The predicted octanol–water partition coefficient (Wildman–Crippen LogP) is 0.487. The van der Waals surface area contributed by atoms with E-state index in [1.807, 2.05) is 6.92 Å². The molecule has 3 rings (SSSR count). The van der Waals surface area contributed by atoms with Crippen molar-refractivity contribution < 1.29 is 18.5 Å². The average Bonchev–Trinajstić information content (AvgIpc) is 2.65. The third-order valence-electron chi connectivity index (χ3n) is 4.43. The first-order valence-corrected chi connectivity index (χ1v) is 8.17. The van der Waals surface area contributed by atoms with Gasteiger partial charge in [-0.3, -0.25) is 4.79 Å². The van der Waals surface area contributed by atoms with Crippen molar-refractivity contribution in [3.8, 4) is 0 Å². The van der Waals surface area contributed by atoms with Gasteiger partial charge in [0.15, 0.2) is 17.7 Å². The van der Waals surface area contributed by atoms with Gasteiger partial charge in [0, 0.05) is 24.1 Å². The Balaban J connectivity index is 1.55. The zero-order valence-corrected chi connectivity index (χ0v) is 13.9. The van der Waals surface area contributed by atoms with E-state index in [1.165, 1.54) is 6.07 Å². The van der Waals surface area contributed by atoms with Crippen LogP contribution in [0.15, 0.2) is 36.7 Å². The summed E-state index contributed by atoms with van der Waals surface area (Å²) in [5.74, 6) is -1.43. The quantitative estimate of drug-likeness (QED) is 0.844. The van der Waals surface area contributed by atoms with Gasteiger partial charge in [-0.15, -0.1) is 0 Å². The standard InChI is InChI=1S/C17H19F2N5O/c1-12(16(25)22-13-3-4-14(18)15(19)11-13)23-7-9-24(10-8-23)17-20-5-2-6-21-17/h2-6,11-12H,7-10H2,1H3,(H,22,25)/p+1/t12-/m0/s1. The predicted molar refractivity (Wildman–Crippen MR) is 89.4 cm³/mol. The number of carbonyl (C=O) groups is 1. The SMILES string of the molecule is C[C@@H](C(=O)Nc1ccc(F)c(F)c1)[NH+]1CCN(c2ncccn2)CC1. The lowest BCUT2D eigenvalue weighted by atomic mass is 10.2. The fourth-order valence-electron chi connectivity index (χ4n) is 2.89. The molecule has 25 heavy (non-hydrogen) atoms. The van der Waals surface area contributed by atoms with Gasteiger partial charge >= 0.3 is 0 Å². The van der Waals surface area contributed by atoms with Gasteiger partial charge in [0.05, 0.1) is 26.2 Å². The maximum absolute atomic E-state index is 13.2. The molecule has 0 bridgehead atoms. The molecule has 2 heterocycles. The Labute approximate surface area is 144 Å². The topological polar surface area (TPSA) is 62.6 Å². The van der Waals surface area contributed by atoms with Gasteiger partial charge in [0.2, 0.25) is 5.95 Å². The second kappa shape index (κ2) is 7.52. The van der Waals surface area contributed by atoms with Crippen LogP contribution < -0.4 is 15.1 Å². The summed E-state index contributed by atoms with van der Waals surface area (Å²) in [5.41, 5.74) is 0.256. The molecule has 1 atom stereocenters. The second-order valence-electron chi connectivity index (χ2n) is 6.03. The molecule has 1 aliphatic heterocycles. The van der Waals surface area contributed by atoms with Gasteiger partial charge in [-0.2, -0.15) is 0 Å². The third-order valence-corrected chi connectivity index (χ3v) is 4.43. The number of piperazine rings is 1. The normalized spacial score (nSPS) is 16.5. The van der Waals surface area contributed by atoms with E-state index in [2.05, 4.69) is 20.2 Å². The largest absolute Gasteiger partial charge is 0.330 e. The zero-order valence-electron chi connectivity index (χ0n) is 13.9. The number of rotatable bonds is 4. The molecule has 6 nitrogen and oxygen atoms in total. The molecule has 1 amide bonds. The Bertz CT molecular complexity index is 735. The molecule has 2 aromatic rings. The number of nitrogens with zero attached hydrogens (tertiary/aromatic N) is 3. The lowest BCUT2D eigenvalue weighted by molar-refractivity contribution is -0.914. The van der Waals surface area contributed by atoms with Crippen LogP contribution in [0.4, 0.5) is 20.4 Å². The van der Waals surface area contributed by atoms with Crippen LogP contribution in [0.25, 0.3) is 0 Å². The summed E-state index contributed by atoms with van der Waals surface area (Å²) >= 11 is 0. The van der Waals surface area contributed by atoms with E-state index in [1.54, 1.807) is 18.5 Å². The van der Waals surface area contributed by atoms with Gasteiger partial charge in [-0.25, -0.2) is 18.7 Å². The van der Waals surface area contributed by atoms with Crippen molar-refractivity contribution in [3.63, 3.8) is 0 Å². The minimum absolute atomic E-state index is 0.217. The molecule has 0 aliphatic carbocycles. The number of amides is 1. The molecular weight excluding hydrogens is 328 g/mol. The number of benzene rings is 1. The van der Waals surface area contributed by atoms with Crippen molar-refractivity contribution in [2.75, 3.05) is 36.4 Å². The highest BCUT2D eigenvalue weighted by Gasteiger charge is 2.30. The minimum atomic E-state index is -0.978. The van der Waals surface area contributed by atoms with Gasteiger partial charge in [0.1, 0.15) is 0 Å². The van der Waals surface area contributed by atoms with Crippen molar-refractivity contribution in [2.24, 2.45) is 0 Å². The molecule has 1 fully saturated rings. The van der Waals surface area contributed by atoms with E-state index in [0.29, 0.717) is 5.95 Å². The van der Waals surface area contributed by atoms with Crippen molar-refractivity contribution in [3.05, 3.63) is 48.3 Å². The lowest BCUT2D eigenvalue weighted by Crippen LogP contribution is -3.19. The summed E-state index contributed by atoms with van der Waals surface area (Å²) < 4.78 is 26.2. The van der Waals surface area contributed by atoms with Crippen LogP contribution in [0.1, 0.15) is 6.92 Å². The molecule has 1 aromatic carbocycles. The number of hydrogen-bond donors (Lipinski definition) is 2. The summed E-state index contributed by atoms with van der Waals surface area (Å²) in [7, 11) is 0. The molecular formula is C17H20F2N5O+. The molecule has 0 saturated carbocycles. The number of hydrogen-bond acceptors (Lipinski definition) is 4. The minimum Gasteiger partial charge on any atom is -0.330 e. The van der Waals surface area contributed by atoms with Crippen LogP contribution in [-0.4, -0.2) is 48.1 Å². The second-order valence-corrected chi connectivity index (χ2v) is 6.03. The Kier molecular flexibility index (Phi) is 5.18. The highest BCUT2D eigenvalue weighted by molar-refractivity contribution is 5.93. The molecule has 0 spiro atoms. The van der Waals surface area contributed by atoms with Crippen LogP contribution in [0.5, 0.6) is 0 Å². The van der Waals surface area contributed by atoms with Crippen LogP contribution in [0.3, 0.4) is 0 Å². The van der Waals surface area contributed by atoms with Crippen LogP contribution in [0.2, 0.25) is 0 Å². The van der Waals surface area contributed by atoms with E-state index in [-0.39, 0.29) is 17.6 Å².